The Hall–Kier alpha value is -2.82. The van der Waals surface area contributed by atoms with Crippen molar-refractivity contribution in [3.8, 4) is 0 Å². The lowest BCUT2D eigenvalue weighted by atomic mass is 9.86. The van der Waals surface area contributed by atoms with Gasteiger partial charge in [0, 0.05) is 29.6 Å². The maximum Gasteiger partial charge on any atom is 0.305 e. The van der Waals surface area contributed by atoms with Crippen LogP contribution in [0.3, 0.4) is 0 Å². The third-order valence-corrected chi connectivity index (χ3v) is 8.59. The number of rotatable bonds is 3. The highest BCUT2D eigenvalue weighted by Gasteiger charge is 2.33. The van der Waals surface area contributed by atoms with E-state index in [1.807, 2.05) is 23.1 Å². The molecule has 1 aromatic carbocycles. The number of fused-ring (bicyclic) bond motifs is 4. The normalized spacial score (nSPS) is 20.8. The molecule has 8 nitrogen and oxygen atoms in total. The molecule has 1 aliphatic carbocycles. The van der Waals surface area contributed by atoms with Crippen LogP contribution in [0.15, 0.2) is 29.3 Å². The number of piperidine rings is 1. The number of nitrogens with one attached hydrogen (secondary N) is 2. The van der Waals surface area contributed by atoms with Crippen LogP contribution in [0.5, 0.6) is 0 Å². The summed E-state index contributed by atoms with van der Waals surface area (Å²) >= 11 is 2.83. The molecule has 3 N–H and O–H groups in total. The summed E-state index contributed by atoms with van der Waals surface area (Å²) in [5, 5.41) is 14.4. The Labute approximate surface area is 197 Å². The van der Waals surface area contributed by atoms with Crippen molar-refractivity contribution in [3.05, 3.63) is 44.6 Å². The molecule has 1 amide bonds. The van der Waals surface area contributed by atoms with Crippen molar-refractivity contribution in [2.45, 2.75) is 38.2 Å². The average molecular weight is 482 g/mol. The number of thiazole rings is 1. The first-order valence-corrected chi connectivity index (χ1v) is 12.8. The first-order chi connectivity index (χ1) is 16.0. The van der Waals surface area contributed by atoms with E-state index in [4.69, 9.17) is 0 Å². The molecule has 1 saturated heterocycles. The number of likely N-dealkylation sites (tertiary alicyclic amines) is 1. The Morgan fingerprint density at radius 1 is 1.24 bits per heavy atom. The molecule has 0 spiro atoms. The van der Waals surface area contributed by atoms with Crippen molar-refractivity contribution in [2.75, 3.05) is 18.4 Å². The fraction of sp³-hybridized carbons (Fsp3) is 0.391. The van der Waals surface area contributed by atoms with Gasteiger partial charge in [-0.05, 0) is 55.9 Å². The van der Waals surface area contributed by atoms with Gasteiger partial charge in [-0.2, -0.15) is 0 Å². The van der Waals surface area contributed by atoms with Gasteiger partial charge in [-0.15, -0.1) is 11.3 Å². The second-order valence-corrected chi connectivity index (χ2v) is 10.9. The molecular weight excluding hydrogens is 458 g/mol. The standard InChI is InChI=1S/C23H23N5O3S2/c29-14-2-1-7-28(10-14)22(30)12-3-5-15-17(8-12)32-21-19(15)20(24-11-25-21)26-13-4-6-16-18(9-13)33-23(31)27-16/h4,6,9,11-12,14,29H,1-3,5,7-8,10H2,(H,27,31)(H,24,25,26). The fourth-order valence-electron chi connectivity index (χ4n) is 4.99. The van der Waals surface area contributed by atoms with Gasteiger partial charge in [-0.3, -0.25) is 9.59 Å². The van der Waals surface area contributed by atoms with Crippen LogP contribution in [0, 0.1) is 5.92 Å². The van der Waals surface area contributed by atoms with Gasteiger partial charge in [0.15, 0.2) is 0 Å². The first kappa shape index (κ1) is 20.8. The number of benzene rings is 1. The number of H-pyrrole nitrogens is 1. The molecule has 1 aliphatic heterocycles. The lowest BCUT2D eigenvalue weighted by Gasteiger charge is -2.34. The van der Waals surface area contributed by atoms with E-state index in [0.29, 0.717) is 13.0 Å². The number of carbonyl (C=O) groups is 1. The molecule has 2 atom stereocenters. The third kappa shape index (κ3) is 3.81. The van der Waals surface area contributed by atoms with E-state index < -0.39 is 6.10 Å². The first-order valence-electron chi connectivity index (χ1n) is 11.2. The van der Waals surface area contributed by atoms with Crippen molar-refractivity contribution >= 4 is 60.5 Å². The second kappa shape index (κ2) is 8.19. The molecule has 33 heavy (non-hydrogen) atoms. The molecule has 2 aliphatic rings. The zero-order valence-electron chi connectivity index (χ0n) is 17.8. The molecule has 10 heteroatoms. The minimum atomic E-state index is -0.401. The maximum atomic E-state index is 13.1. The summed E-state index contributed by atoms with van der Waals surface area (Å²) in [7, 11) is 0. The Morgan fingerprint density at radius 2 is 2.15 bits per heavy atom. The Kier molecular flexibility index (Phi) is 5.16. The zero-order chi connectivity index (χ0) is 22.5. The number of nitrogens with zero attached hydrogens (tertiary/aromatic N) is 3. The van der Waals surface area contributed by atoms with E-state index in [-0.39, 0.29) is 16.7 Å². The van der Waals surface area contributed by atoms with Crippen molar-refractivity contribution in [1.82, 2.24) is 19.9 Å². The van der Waals surface area contributed by atoms with Gasteiger partial charge < -0.3 is 20.3 Å². The predicted molar refractivity (Wildman–Crippen MR) is 130 cm³/mol. The van der Waals surface area contributed by atoms with Crippen molar-refractivity contribution in [1.29, 1.82) is 0 Å². The summed E-state index contributed by atoms with van der Waals surface area (Å²) in [4.78, 5) is 40.5. The Morgan fingerprint density at radius 3 is 3.03 bits per heavy atom. The van der Waals surface area contributed by atoms with Crippen LogP contribution in [-0.4, -0.2) is 50.1 Å². The van der Waals surface area contributed by atoms with E-state index in [0.717, 1.165) is 64.2 Å². The van der Waals surface area contributed by atoms with Crippen LogP contribution in [0.2, 0.25) is 0 Å². The molecule has 0 radical (unpaired) electrons. The summed E-state index contributed by atoms with van der Waals surface area (Å²) in [6, 6.07) is 5.77. The lowest BCUT2D eigenvalue weighted by Crippen LogP contribution is -2.45. The average Bonchev–Trinajstić information content (AvgIpc) is 3.37. The smallest absolute Gasteiger partial charge is 0.305 e. The molecule has 1 fully saturated rings. The number of β-amino-alcohol motifs (C(OH)–C–C–N with tert-alkyl or cyclic N) is 1. The van der Waals surface area contributed by atoms with Crippen molar-refractivity contribution < 1.29 is 9.90 Å². The summed E-state index contributed by atoms with van der Waals surface area (Å²) in [6.45, 7) is 1.19. The van der Waals surface area contributed by atoms with Crippen LogP contribution >= 0.6 is 22.7 Å². The minimum Gasteiger partial charge on any atom is -0.391 e. The van der Waals surface area contributed by atoms with Gasteiger partial charge >= 0.3 is 4.87 Å². The van der Waals surface area contributed by atoms with E-state index in [9.17, 15) is 14.7 Å². The van der Waals surface area contributed by atoms with E-state index >= 15 is 0 Å². The van der Waals surface area contributed by atoms with Crippen LogP contribution < -0.4 is 10.2 Å². The largest absolute Gasteiger partial charge is 0.391 e. The van der Waals surface area contributed by atoms with Gasteiger partial charge in [-0.25, -0.2) is 9.97 Å². The summed E-state index contributed by atoms with van der Waals surface area (Å²) in [5.41, 5.74) is 2.92. The highest BCUT2D eigenvalue weighted by atomic mass is 32.1. The van der Waals surface area contributed by atoms with E-state index in [2.05, 4.69) is 20.3 Å². The number of anilines is 2. The number of aryl methyl sites for hydroxylation is 1. The zero-order valence-corrected chi connectivity index (χ0v) is 19.5. The Bertz CT molecular complexity index is 1420. The summed E-state index contributed by atoms with van der Waals surface area (Å²) < 4.78 is 0.895. The molecule has 3 aromatic heterocycles. The number of aliphatic hydroxyl groups excluding tert-OH is 1. The van der Waals surface area contributed by atoms with Crippen LogP contribution in [0.25, 0.3) is 20.4 Å². The quantitative estimate of drug-likeness (QED) is 0.413. The lowest BCUT2D eigenvalue weighted by molar-refractivity contribution is -0.138. The highest BCUT2D eigenvalue weighted by molar-refractivity contribution is 7.19. The number of hydrogen-bond donors (Lipinski definition) is 3. The molecule has 4 aromatic rings. The van der Waals surface area contributed by atoms with Crippen LogP contribution in [0.1, 0.15) is 29.7 Å². The number of aliphatic hydroxyl groups is 1. The number of carbonyl (C=O) groups excluding carboxylic acids is 1. The summed E-state index contributed by atoms with van der Waals surface area (Å²) in [5.74, 6) is 0.878. The van der Waals surface area contributed by atoms with Gasteiger partial charge in [0.1, 0.15) is 17.0 Å². The maximum absolute atomic E-state index is 13.1. The van der Waals surface area contributed by atoms with Crippen LogP contribution in [-0.2, 0) is 17.6 Å². The summed E-state index contributed by atoms with van der Waals surface area (Å²) in [6.07, 6.45) is 5.12. The van der Waals surface area contributed by atoms with Gasteiger partial charge in [0.05, 0.1) is 21.7 Å². The topological polar surface area (TPSA) is 111 Å². The predicted octanol–water partition coefficient (Wildman–Crippen LogP) is 3.43. The van der Waals surface area contributed by atoms with Crippen molar-refractivity contribution in [2.24, 2.45) is 5.92 Å². The molecular formula is C23H23N5O3S2. The monoisotopic (exact) mass is 481 g/mol. The second-order valence-electron chi connectivity index (χ2n) is 8.78. The highest BCUT2D eigenvalue weighted by Crippen LogP contribution is 2.41. The molecule has 0 bridgehead atoms. The number of thiophene rings is 1. The van der Waals surface area contributed by atoms with Gasteiger partial charge in [0.2, 0.25) is 5.91 Å². The Balaban J connectivity index is 1.29. The fourth-order valence-corrected chi connectivity index (χ4v) is 7.03. The van der Waals surface area contributed by atoms with Crippen LogP contribution in [0.4, 0.5) is 11.5 Å². The third-order valence-electron chi connectivity index (χ3n) is 6.59. The number of amides is 1. The van der Waals surface area contributed by atoms with Crippen molar-refractivity contribution in [3.63, 3.8) is 0 Å². The molecule has 4 heterocycles. The number of aromatic amines is 1. The SMILES string of the molecule is O=C(C1CCc2c(sc3ncnc(Nc4ccc5[nH]c(=O)sc5c4)c23)C1)N1CCCC(O)C1. The van der Waals surface area contributed by atoms with Gasteiger partial charge in [0.25, 0.3) is 0 Å². The number of aromatic nitrogens is 3. The van der Waals surface area contributed by atoms with Gasteiger partial charge in [-0.1, -0.05) is 11.3 Å². The molecule has 0 saturated carbocycles. The minimum absolute atomic E-state index is 0.0426. The van der Waals surface area contributed by atoms with E-state index in [1.54, 1.807) is 17.7 Å². The number of hydrogen-bond acceptors (Lipinski definition) is 8. The molecule has 170 valence electrons. The molecule has 2 unspecified atom stereocenters. The molecule has 6 rings (SSSR count). The van der Waals surface area contributed by atoms with E-state index in [1.165, 1.54) is 21.8 Å².